The third-order valence-electron chi connectivity index (χ3n) is 10.8. The lowest BCUT2D eigenvalue weighted by Gasteiger charge is -2.33. The lowest BCUT2D eigenvalue weighted by Crippen LogP contribution is -2.16. The maximum absolute atomic E-state index is 5.28. The molecular weight excluding hydrogens is 657 g/mol. The van der Waals surface area contributed by atoms with Gasteiger partial charge < -0.3 is 4.57 Å². The average molecular weight is 689 g/mol. The van der Waals surface area contributed by atoms with Gasteiger partial charge in [-0.3, -0.25) is 9.88 Å². The van der Waals surface area contributed by atoms with Crippen LogP contribution < -0.4 is 4.90 Å². The molecule has 4 heteroatoms. The van der Waals surface area contributed by atoms with Gasteiger partial charge in [0.15, 0.2) is 0 Å². The minimum absolute atomic E-state index is 0.863. The summed E-state index contributed by atoms with van der Waals surface area (Å²) in [7, 11) is 0. The molecule has 1 aliphatic rings. The fourth-order valence-corrected chi connectivity index (χ4v) is 8.33. The third kappa shape index (κ3) is 4.78. The molecule has 0 amide bonds. The van der Waals surface area contributed by atoms with Gasteiger partial charge in [0.2, 0.25) is 0 Å². The number of pyridine rings is 2. The summed E-state index contributed by atoms with van der Waals surface area (Å²) in [4.78, 5) is 12.0. The molecule has 7 aromatic carbocycles. The zero-order valence-corrected chi connectivity index (χ0v) is 29.3. The van der Waals surface area contributed by atoms with Crippen LogP contribution in [0.25, 0.3) is 82.9 Å². The summed E-state index contributed by atoms with van der Waals surface area (Å²) in [6.07, 6.45) is 3.67. The van der Waals surface area contributed by atoms with E-state index in [1.165, 1.54) is 60.4 Å². The van der Waals surface area contributed by atoms with Crippen molar-refractivity contribution in [3.8, 4) is 50.3 Å². The smallest absolute Gasteiger partial charge is 0.138 e. The van der Waals surface area contributed by atoms with Crippen molar-refractivity contribution in [1.29, 1.82) is 0 Å². The lowest BCUT2D eigenvalue weighted by atomic mass is 9.90. The van der Waals surface area contributed by atoms with Crippen LogP contribution >= 0.6 is 0 Å². The number of nitrogens with zero attached hydrogens (tertiary/aromatic N) is 4. The Bertz CT molecular complexity index is 3030. The van der Waals surface area contributed by atoms with Crippen LogP contribution in [-0.2, 0) is 0 Å². The molecule has 11 rings (SSSR count). The van der Waals surface area contributed by atoms with Crippen molar-refractivity contribution in [3.05, 3.63) is 194 Å². The summed E-state index contributed by atoms with van der Waals surface area (Å²) in [6, 6.07) is 65.4. The molecule has 0 saturated carbocycles. The number of benzene rings is 7. The Hall–Kier alpha value is -7.30. The molecular formula is C50H32N4. The van der Waals surface area contributed by atoms with Crippen molar-refractivity contribution in [2.45, 2.75) is 0 Å². The average Bonchev–Trinajstić information content (AvgIpc) is 3.57. The predicted molar refractivity (Wildman–Crippen MR) is 224 cm³/mol. The molecule has 10 aromatic rings. The summed E-state index contributed by atoms with van der Waals surface area (Å²) in [5, 5.41) is 4.86. The molecule has 0 spiro atoms. The molecule has 0 bridgehead atoms. The van der Waals surface area contributed by atoms with Gasteiger partial charge in [-0.15, -0.1) is 0 Å². The molecule has 0 unspecified atom stereocenters. The highest BCUT2D eigenvalue weighted by Crippen LogP contribution is 2.53. The first-order chi connectivity index (χ1) is 26.8. The van der Waals surface area contributed by atoms with Gasteiger partial charge in [0, 0.05) is 45.4 Å². The minimum Gasteiger partial charge on any atom is -0.309 e. The van der Waals surface area contributed by atoms with Gasteiger partial charge in [-0.2, -0.15) is 0 Å². The largest absolute Gasteiger partial charge is 0.309 e. The highest BCUT2D eigenvalue weighted by Gasteiger charge is 2.29. The SMILES string of the molecule is c1ccc(-c2cccc(-c3ccc4c(c3)c3cc5c(cc3n4-c3ccccc3)N(c3cccc(-c4cccnc4)n3)c3cccc4cccc-5c34)c2)cc1. The van der Waals surface area contributed by atoms with Crippen LogP contribution in [0.4, 0.5) is 17.2 Å². The van der Waals surface area contributed by atoms with Crippen LogP contribution in [0, 0.1) is 0 Å². The van der Waals surface area contributed by atoms with E-state index in [9.17, 15) is 0 Å². The number of hydrogen-bond acceptors (Lipinski definition) is 3. The van der Waals surface area contributed by atoms with Crippen molar-refractivity contribution in [2.75, 3.05) is 4.90 Å². The van der Waals surface area contributed by atoms with Gasteiger partial charge >= 0.3 is 0 Å². The van der Waals surface area contributed by atoms with E-state index >= 15 is 0 Å². The van der Waals surface area contributed by atoms with E-state index in [1.54, 1.807) is 6.20 Å². The molecule has 0 N–H and O–H groups in total. The van der Waals surface area contributed by atoms with Crippen molar-refractivity contribution >= 4 is 49.8 Å². The van der Waals surface area contributed by atoms with E-state index in [0.717, 1.165) is 39.7 Å². The molecule has 0 fully saturated rings. The molecule has 1 aliphatic heterocycles. The van der Waals surface area contributed by atoms with E-state index in [-0.39, 0.29) is 0 Å². The maximum atomic E-state index is 5.28. The zero-order chi connectivity index (χ0) is 35.6. The van der Waals surface area contributed by atoms with Crippen LogP contribution in [0.5, 0.6) is 0 Å². The third-order valence-corrected chi connectivity index (χ3v) is 10.8. The number of fused-ring (bicyclic) bond motifs is 5. The molecule has 0 aliphatic carbocycles. The quantitative estimate of drug-likeness (QED) is 0.180. The van der Waals surface area contributed by atoms with Gasteiger partial charge in [-0.1, -0.05) is 109 Å². The Balaban J connectivity index is 1.19. The lowest BCUT2D eigenvalue weighted by molar-refractivity contribution is 1.16. The number of rotatable bonds is 5. The minimum atomic E-state index is 0.863. The van der Waals surface area contributed by atoms with Gasteiger partial charge in [-0.25, -0.2) is 4.98 Å². The van der Waals surface area contributed by atoms with E-state index in [0.29, 0.717) is 0 Å². The fraction of sp³-hybridized carbons (Fsp3) is 0. The number of aromatic nitrogens is 3. The van der Waals surface area contributed by atoms with E-state index in [1.807, 2.05) is 12.3 Å². The molecule has 4 nitrogen and oxygen atoms in total. The summed E-state index contributed by atoms with van der Waals surface area (Å²) >= 11 is 0. The van der Waals surface area contributed by atoms with Crippen LogP contribution in [-0.4, -0.2) is 14.5 Å². The number of hydrogen-bond donors (Lipinski definition) is 0. The molecule has 252 valence electrons. The van der Waals surface area contributed by atoms with E-state index in [4.69, 9.17) is 4.98 Å². The monoisotopic (exact) mass is 688 g/mol. The highest BCUT2D eigenvalue weighted by molar-refractivity contribution is 6.19. The number of para-hydroxylation sites is 1. The zero-order valence-electron chi connectivity index (χ0n) is 29.3. The second-order valence-corrected chi connectivity index (χ2v) is 13.9. The first kappa shape index (κ1) is 30.3. The highest BCUT2D eigenvalue weighted by atomic mass is 15.2. The van der Waals surface area contributed by atoms with Crippen molar-refractivity contribution < 1.29 is 0 Å². The summed E-state index contributed by atoms with van der Waals surface area (Å²) in [5.41, 5.74) is 14.7. The molecule has 0 radical (unpaired) electrons. The van der Waals surface area contributed by atoms with Crippen LogP contribution in [0.1, 0.15) is 0 Å². The van der Waals surface area contributed by atoms with Gasteiger partial charge in [0.1, 0.15) is 5.82 Å². The molecule has 4 heterocycles. The Morgan fingerprint density at radius 2 is 1.13 bits per heavy atom. The first-order valence-corrected chi connectivity index (χ1v) is 18.3. The Kier molecular flexibility index (Phi) is 6.82. The summed E-state index contributed by atoms with van der Waals surface area (Å²) < 4.78 is 2.41. The van der Waals surface area contributed by atoms with Crippen LogP contribution in [0.2, 0.25) is 0 Å². The Morgan fingerprint density at radius 3 is 1.96 bits per heavy atom. The first-order valence-electron chi connectivity index (χ1n) is 18.3. The van der Waals surface area contributed by atoms with Crippen molar-refractivity contribution in [2.24, 2.45) is 0 Å². The molecule has 3 aromatic heterocycles. The molecule has 0 atom stereocenters. The molecule has 54 heavy (non-hydrogen) atoms. The topological polar surface area (TPSA) is 34.0 Å². The Morgan fingerprint density at radius 1 is 0.426 bits per heavy atom. The standard InChI is InChI=1S/C50H32N4/c1-3-12-33(13-4-1)35-16-7-17-36(28-35)37-25-26-45-41(29-37)43-30-42-40-21-8-14-34-15-9-23-46(50(34)40)54(48(42)31-47(43)53(45)39-19-5-2-6-20-39)49-24-10-22-44(52-49)38-18-11-27-51-32-38/h1-32H. The summed E-state index contributed by atoms with van der Waals surface area (Å²) in [5.74, 6) is 0.863. The van der Waals surface area contributed by atoms with Crippen LogP contribution in [0.3, 0.4) is 0 Å². The van der Waals surface area contributed by atoms with Crippen LogP contribution in [0.15, 0.2) is 194 Å². The second kappa shape index (κ2) is 12.1. The number of anilines is 3. The van der Waals surface area contributed by atoms with Gasteiger partial charge in [-0.05, 0) is 106 Å². The summed E-state index contributed by atoms with van der Waals surface area (Å²) in [6.45, 7) is 0. The van der Waals surface area contributed by atoms with Gasteiger partial charge in [0.25, 0.3) is 0 Å². The van der Waals surface area contributed by atoms with Gasteiger partial charge in [0.05, 0.1) is 28.1 Å². The maximum Gasteiger partial charge on any atom is 0.138 e. The fourth-order valence-electron chi connectivity index (χ4n) is 8.33. The predicted octanol–water partition coefficient (Wildman–Crippen LogP) is 13.2. The van der Waals surface area contributed by atoms with E-state index in [2.05, 4.69) is 190 Å². The van der Waals surface area contributed by atoms with E-state index < -0.39 is 0 Å². The Labute approximate surface area is 312 Å². The molecule has 0 saturated heterocycles. The van der Waals surface area contributed by atoms with Crippen molar-refractivity contribution in [3.63, 3.8) is 0 Å². The second-order valence-electron chi connectivity index (χ2n) is 13.9. The van der Waals surface area contributed by atoms with Crippen molar-refractivity contribution in [1.82, 2.24) is 14.5 Å². The normalized spacial score (nSPS) is 12.0.